The van der Waals surface area contributed by atoms with E-state index in [0.29, 0.717) is 6.04 Å². The zero-order valence-electron chi connectivity index (χ0n) is 10.8. The minimum absolute atomic E-state index is 0.563. The highest BCUT2D eigenvalue weighted by atomic mass is 14.9. The van der Waals surface area contributed by atoms with Crippen molar-refractivity contribution in [2.45, 2.75) is 70.8 Å². The van der Waals surface area contributed by atoms with Crippen LogP contribution in [0.4, 0.5) is 0 Å². The first-order valence-electron chi connectivity index (χ1n) is 7.03. The van der Waals surface area contributed by atoms with Gasteiger partial charge in [0, 0.05) is 12.5 Å². The van der Waals surface area contributed by atoms with Gasteiger partial charge >= 0.3 is 0 Å². The Labute approximate surface area is 101 Å². The quantitative estimate of drug-likeness (QED) is 0.532. The molecule has 1 saturated carbocycles. The lowest BCUT2D eigenvalue weighted by molar-refractivity contribution is 0.354. The molecule has 1 atom stereocenters. The Hall–Kier alpha value is -0.480. The molecular weight excluding hydrogens is 194 g/mol. The Morgan fingerprint density at radius 3 is 2.50 bits per heavy atom. The van der Waals surface area contributed by atoms with Crippen LogP contribution in [0, 0.1) is 18.3 Å². The second-order valence-corrected chi connectivity index (χ2v) is 5.15. The molecule has 1 aliphatic rings. The highest BCUT2D eigenvalue weighted by molar-refractivity contribution is 4.90. The summed E-state index contributed by atoms with van der Waals surface area (Å²) in [5.74, 6) is 3.74. The van der Waals surface area contributed by atoms with Crippen molar-refractivity contribution in [2.75, 3.05) is 6.54 Å². The van der Waals surface area contributed by atoms with Crippen molar-refractivity contribution in [3.63, 3.8) is 0 Å². The van der Waals surface area contributed by atoms with E-state index < -0.39 is 0 Å². The molecule has 1 unspecified atom stereocenters. The normalized spacial score (nSPS) is 20.0. The van der Waals surface area contributed by atoms with Crippen LogP contribution in [-0.2, 0) is 0 Å². The molecule has 0 saturated heterocycles. The molecule has 0 aromatic rings. The van der Waals surface area contributed by atoms with Gasteiger partial charge in [0.25, 0.3) is 0 Å². The first-order valence-corrected chi connectivity index (χ1v) is 7.03. The van der Waals surface area contributed by atoms with Gasteiger partial charge in [-0.15, -0.1) is 12.3 Å². The molecule has 92 valence electrons. The predicted octanol–water partition coefficient (Wildman–Crippen LogP) is 3.74. The van der Waals surface area contributed by atoms with Gasteiger partial charge < -0.3 is 5.32 Å². The summed E-state index contributed by atoms with van der Waals surface area (Å²) in [5, 5.41) is 3.60. The van der Waals surface area contributed by atoms with Crippen LogP contribution in [0.3, 0.4) is 0 Å². The summed E-state index contributed by atoms with van der Waals surface area (Å²) < 4.78 is 0. The van der Waals surface area contributed by atoms with Crippen LogP contribution >= 0.6 is 0 Å². The molecule has 1 nitrogen and oxygen atoms in total. The van der Waals surface area contributed by atoms with Gasteiger partial charge in [-0.25, -0.2) is 0 Å². The highest BCUT2D eigenvalue weighted by Crippen LogP contribution is 2.26. The van der Waals surface area contributed by atoms with Crippen molar-refractivity contribution in [3.8, 4) is 12.3 Å². The molecule has 0 heterocycles. The molecule has 1 N–H and O–H groups in total. The van der Waals surface area contributed by atoms with Crippen LogP contribution in [0.1, 0.15) is 64.7 Å². The van der Waals surface area contributed by atoms with Crippen molar-refractivity contribution < 1.29 is 0 Å². The third-order valence-electron chi connectivity index (χ3n) is 3.64. The Balaban J connectivity index is 2.30. The van der Waals surface area contributed by atoms with Crippen molar-refractivity contribution in [1.82, 2.24) is 5.32 Å². The number of nitrogens with one attached hydrogen (secondary N) is 1. The monoisotopic (exact) mass is 221 g/mol. The van der Waals surface area contributed by atoms with Gasteiger partial charge in [0.1, 0.15) is 0 Å². The molecule has 0 aromatic heterocycles. The zero-order chi connectivity index (χ0) is 11.6. The average Bonchev–Trinajstić information content (AvgIpc) is 2.55. The number of hydrogen-bond donors (Lipinski definition) is 1. The average molecular weight is 221 g/mol. The van der Waals surface area contributed by atoms with Crippen molar-refractivity contribution in [2.24, 2.45) is 5.92 Å². The fraction of sp³-hybridized carbons (Fsp3) is 0.867. The van der Waals surface area contributed by atoms with Crippen molar-refractivity contribution >= 4 is 0 Å². The summed E-state index contributed by atoms with van der Waals surface area (Å²) >= 11 is 0. The second-order valence-electron chi connectivity index (χ2n) is 5.15. The Morgan fingerprint density at radius 2 is 1.94 bits per heavy atom. The summed E-state index contributed by atoms with van der Waals surface area (Å²) in [4.78, 5) is 0. The fourth-order valence-electron chi connectivity index (χ4n) is 2.73. The maximum absolute atomic E-state index is 5.45. The topological polar surface area (TPSA) is 12.0 Å². The third kappa shape index (κ3) is 5.56. The van der Waals surface area contributed by atoms with Crippen LogP contribution in [0.5, 0.6) is 0 Å². The third-order valence-corrected chi connectivity index (χ3v) is 3.64. The molecule has 0 bridgehead atoms. The van der Waals surface area contributed by atoms with Crippen LogP contribution in [0.25, 0.3) is 0 Å². The van der Waals surface area contributed by atoms with Gasteiger partial charge in [-0.2, -0.15) is 0 Å². The lowest BCUT2D eigenvalue weighted by Gasteiger charge is -2.22. The van der Waals surface area contributed by atoms with Crippen LogP contribution in [-0.4, -0.2) is 12.6 Å². The molecule has 0 amide bonds. The SMILES string of the molecule is C#CCC(CC1CCCCCC1)NCCC. The lowest BCUT2D eigenvalue weighted by atomic mass is 9.91. The minimum Gasteiger partial charge on any atom is -0.313 e. The van der Waals surface area contributed by atoms with Crippen LogP contribution in [0.15, 0.2) is 0 Å². The molecule has 16 heavy (non-hydrogen) atoms. The summed E-state index contributed by atoms with van der Waals surface area (Å²) in [7, 11) is 0. The molecule has 0 aliphatic heterocycles. The predicted molar refractivity (Wildman–Crippen MR) is 71.3 cm³/mol. The first-order chi connectivity index (χ1) is 7.86. The van der Waals surface area contributed by atoms with E-state index in [1.807, 2.05) is 0 Å². The van der Waals surface area contributed by atoms with E-state index in [-0.39, 0.29) is 0 Å². The second kappa shape index (κ2) is 8.65. The van der Waals surface area contributed by atoms with Gasteiger partial charge in [0.05, 0.1) is 0 Å². The van der Waals surface area contributed by atoms with E-state index in [9.17, 15) is 0 Å². The standard InChI is InChI=1S/C15H27N/c1-3-9-15(16-12-4-2)13-14-10-7-5-6-8-11-14/h1,14-16H,4-13H2,2H3. The fourth-order valence-corrected chi connectivity index (χ4v) is 2.73. The van der Waals surface area contributed by atoms with E-state index in [0.717, 1.165) is 18.9 Å². The Bertz CT molecular complexity index is 196. The summed E-state index contributed by atoms with van der Waals surface area (Å²) in [6.07, 6.45) is 17.4. The maximum Gasteiger partial charge on any atom is 0.0240 e. The zero-order valence-corrected chi connectivity index (χ0v) is 10.8. The molecule has 1 aliphatic carbocycles. The van der Waals surface area contributed by atoms with Gasteiger partial charge in [0.15, 0.2) is 0 Å². The smallest absolute Gasteiger partial charge is 0.0240 e. The van der Waals surface area contributed by atoms with E-state index >= 15 is 0 Å². The van der Waals surface area contributed by atoms with Gasteiger partial charge in [0.2, 0.25) is 0 Å². The first kappa shape index (κ1) is 13.6. The van der Waals surface area contributed by atoms with E-state index in [4.69, 9.17) is 6.42 Å². The summed E-state index contributed by atoms with van der Waals surface area (Å²) in [6.45, 7) is 3.32. The molecular formula is C15H27N. The molecule has 0 spiro atoms. The number of rotatable bonds is 6. The van der Waals surface area contributed by atoms with E-state index in [1.165, 1.54) is 51.4 Å². The van der Waals surface area contributed by atoms with E-state index in [1.54, 1.807) is 0 Å². The molecule has 1 heteroatoms. The molecule has 0 aromatic carbocycles. The lowest BCUT2D eigenvalue weighted by Crippen LogP contribution is -2.31. The Morgan fingerprint density at radius 1 is 1.25 bits per heavy atom. The number of terminal acetylenes is 1. The largest absolute Gasteiger partial charge is 0.313 e. The van der Waals surface area contributed by atoms with Gasteiger partial charge in [-0.05, 0) is 25.3 Å². The molecule has 1 rings (SSSR count). The summed E-state index contributed by atoms with van der Waals surface area (Å²) in [6, 6.07) is 0.563. The molecule has 1 fully saturated rings. The van der Waals surface area contributed by atoms with Crippen LogP contribution in [0.2, 0.25) is 0 Å². The van der Waals surface area contributed by atoms with Gasteiger partial charge in [-0.3, -0.25) is 0 Å². The Kier molecular flexibility index (Phi) is 7.34. The van der Waals surface area contributed by atoms with Crippen molar-refractivity contribution in [3.05, 3.63) is 0 Å². The highest BCUT2D eigenvalue weighted by Gasteiger charge is 2.16. The van der Waals surface area contributed by atoms with Gasteiger partial charge in [-0.1, -0.05) is 45.4 Å². The summed E-state index contributed by atoms with van der Waals surface area (Å²) in [5.41, 5.74) is 0. The van der Waals surface area contributed by atoms with Crippen LogP contribution < -0.4 is 5.32 Å². The van der Waals surface area contributed by atoms with E-state index in [2.05, 4.69) is 18.2 Å². The molecule has 0 radical (unpaired) electrons. The maximum atomic E-state index is 5.45. The minimum atomic E-state index is 0.563. The number of hydrogen-bond acceptors (Lipinski definition) is 1. The van der Waals surface area contributed by atoms with Crippen molar-refractivity contribution in [1.29, 1.82) is 0 Å².